The van der Waals surface area contributed by atoms with E-state index in [-0.39, 0.29) is 47.9 Å². The van der Waals surface area contributed by atoms with Gasteiger partial charge in [-0.3, -0.25) is 9.78 Å². The number of aromatic nitrogens is 2. The monoisotopic (exact) mass is 896 g/mol. The van der Waals surface area contributed by atoms with Gasteiger partial charge in [0, 0.05) is 44.1 Å². The van der Waals surface area contributed by atoms with Crippen molar-refractivity contribution in [3.8, 4) is 22.5 Å². The first-order chi connectivity index (χ1) is 24.0. The summed E-state index contributed by atoms with van der Waals surface area (Å²) in [6.07, 6.45) is 7.77. The van der Waals surface area contributed by atoms with Crippen molar-refractivity contribution in [2.75, 3.05) is 0 Å². The Labute approximate surface area is 331 Å². The zero-order chi connectivity index (χ0) is 37.7. The Hall–Kier alpha value is -3.31. The van der Waals surface area contributed by atoms with Gasteiger partial charge < -0.3 is 9.67 Å². The molecule has 3 aromatic heterocycles. The summed E-state index contributed by atoms with van der Waals surface area (Å²) in [6, 6.07) is 23.2. The molecule has 4 nitrogen and oxygen atoms in total. The minimum Gasteiger partial charge on any atom is -0.512 e. The molecule has 5 aromatic rings. The van der Waals surface area contributed by atoms with Gasteiger partial charge in [0.05, 0.1) is 22.3 Å². The van der Waals surface area contributed by atoms with Crippen molar-refractivity contribution in [1.29, 1.82) is 0 Å². The van der Waals surface area contributed by atoms with Crippen molar-refractivity contribution in [2.24, 2.45) is 16.7 Å². The third-order valence-electron chi connectivity index (χ3n) is 10.9. The molecule has 0 spiro atoms. The summed E-state index contributed by atoms with van der Waals surface area (Å²) in [5.74, 6) is 0.846. The second-order valence-corrected chi connectivity index (χ2v) is 16.9. The van der Waals surface area contributed by atoms with Gasteiger partial charge in [0.1, 0.15) is 11.5 Å². The molecule has 0 fully saturated rings. The maximum absolute atomic E-state index is 12.2. The minimum atomic E-state index is -0.337. The molecule has 3 heterocycles. The summed E-state index contributed by atoms with van der Waals surface area (Å²) in [6.45, 7) is 23.4. The van der Waals surface area contributed by atoms with Crippen molar-refractivity contribution in [2.45, 2.75) is 114 Å². The van der Waals surface area contributed by atoms with Gasteiger partial charge in [-0.05, 0) is 84.0 Å². The Morgan fingerprint density at radius 1 is 0.942 bits per heavy atom. The van der Waals surface area contributed by atoms with Gasteiger partial charge in [0.2, 0.25) is 0 Å². The molecule has 0 saturated carbocycles. The number of hydrogen-bond acceptors (Lipinski definition) is 4. The van der Waals surface area contributed by atoms with Crippen molar-refractivity contribution in [3.63, 3.8) is 0 Å². The maximum atomic E-state index is 12.2. The molecule has 0 atom stereocenters. The van der Waals surface area contributed by atoms with Crippen LogP contribution in [-0.4, -0.2) is 15.9 Å². The fraction of sp³-hybridized carbons (Fsp3) is 0.435. The van der Waals surface area contributed by atoms with Gasteiger partial charge in [-0.1, -0.05) is 105 Å². The molecule has 1 radical (unpaired) electrons. The Balaban J connectivity index is 0.000000347. The van der Waals surface area contributed by atoms with Crippen LogP contribution in [0.3, 0.4) is 0 Å². The van der Waals surface area contributed by atoms with E-state index >= 15 is 0 Å². The number of ketones is 1. The second-order valence-electron chi connectivity index (χ2n) is 16.0. The zero-order valence-electron chi connectivity index (χ0n) is 33.2. The third-order valence-corrected chi connectivity index (χ3v) is 11.9. The molecule has 0 saturated heterocycles. The molecule has 5 rings (SSSR count). The summed E-state index contributed by atoms with van der Waals surface area (Å²) < 4.78 is 3.24. The number of aliphatic hydroxyl groups is 1. The topological polar surface area (TPSA) is 54.1 Å². The Morgan fingerprint density at radius 2 is 1.58 bits per heavy atom. The van der Waals surface area contributed by atoms with Crippen LogP contribution in [0.15, 0.2) is 78.0 Å². The van der Waals surface area contributed by atoms with E-state index in [1.165, 1.54) is 32.8 Å². The number of hydrogen-bond donors (Lipinski definition) is 1. The van der Waals surface area contributed by atoms with Gasteiger partial charge in [0.25, 0.3) is 0 Å². The Bertz CT molecular complexity index is 2010. The number of aliphatic hydroxyl groups excluding tert-OH is 1. The number of thiophene rings is 1. The number of carbonyl (C=O) groups is 1. The molecule has 6 heteroatoms. The first-order valence-electron chi connectivity index (χ1n) is 18.7. The molecule has 0 aliphatic carbocycles. The predicted molar refractivity (Wildman–Crippen MR) is 218 cm³/mol. The van der Waals surface area contributed by atoms with Gasteiger partial charge >= 0.3 is 0 Å². The average Bonchev–Trinajstić information content (AvgIpc) is 3.59. The number of fused-ring (bicyclic) bond motifs is 2. The van der Waals surface area contributed by atoms with E-state index in [1.54, 1.807) is 11.3 Å². The van der Waals surface area contributed by atoms with Crippen LogP contribution >= 0.6 is 11.3 Å². The van der Waals surface area contributed by atoms with E-state index < -0.39 is 0 Å². The first-order valence-corrected chi connectivity index (χ1v) is 19.5. The van der Waals surface area contributed by atoms with E-state index in [0.717, 1.165) is 60.0 Å². The van der Waals surface area contributed by atoms with Crippen molar-refractivity contribution >= 4 is 38.0 Å². The smallest absolute Gasteiger partial charge is 0.164 e. The maximum Gasteiger partial charge on any atom is 0.164 e. The van der Waals surface area contributed by atoms with E-state index in [9.17, 15) is 9.90 Å². The molecular weight excluding hydrogens is 837 g/mol. The summed E-state index contributed by atoms with van der Waals surface area (Å²) in [5, 5.41) is 16.0. The van der Waals surface area contributed by atoms with E-state index in [2.05, 4.69) is 108 Å². The standard InChI is InChI=1S/C31H31N2S.C15H28O2.Ir/c1-20(2)15-28-30-23(12-14-34-30)18-27(32-28)22-11-13-33(6)29(19-22)24-16-21-9-7-8-10-25(21)26(17-24)31(3,4)5;1-7-14(5,8-2)12(16)11-13(17)15(6,9-3)10-4;/h7-14,17-20H,6,15H2,1-5H3;11,16H,7-10H2,1-6H3;/q-1;;/b;12-11-;. The number of allylic oxidation sites excluding steroid dienone is 2. The van der Waals surface area contributed by atoms with Crippen LogP contribution in [0.4, 0.5) is 0 Å². The summed E-state index contributed by atoms with van der Waals surface area (Å²) in [5.41, 5.74) is 6.13. The van der Waals surface area contributed by atoms with Crippen LogP contribution in [0.1, 0.15) is 113 Å². The molecule has 0 bridgehead atoms. The number of benzene rings is 2. The largest absolute Gasteiger partial charge is 0.512 e. The minimum absolute atomic E-state index is 0. The third kappa shape index (κ3) is 9.61. The molecule has 1 N–H and O–H groups in total. The first kappa shape index (κ1) is 43.1. The molecule has 0 aliphatic heterocycles. The van der Waals surface area contributed by atoms with E-state index in [1.807, 2.05) is 52.3 Å². The summed E-state index contributed by atoms with van der Waals surface area (Å²) in [4.78, 5) is 17.3. The quantitative estimate of drug-likeness (QED) is 0.0622. The molecule has 52 heavy (non-hydrogen) atoms. The Morgan fingerprint density at radius 3 is 2.17 bits per heavy atom. The summed E-state index contributed by atoms with van der Waals surface area (Å²) >= 11 is 1.79. The van der Waals surface area contributed by atoms with Crippen molar-refractivity contribution in [1.82, 2.24) is 4.98 Å². The van der Waals surface area contributed by atoms with Crippen LogP contribution in [0, 0.1) is 29.9 Å². The van der Waals surface area contributed by atoms with Crippen molar-refractivity contribution in [3.05, 3.63) is 102 Å². The molecule has 281 valence electrons. The molecule has 2 aromatic carbocycles. The van der Waals surface area contributed by atoms with Gasteiger partial charge in [-0.2, -0.15) is 0 Å². The molecule has 0 aliphatic rings. The normalized spacial score (nSPS) is 12.5. The van der Waals surface area contributed by atoms with Crippen LogP contribution in [0.25, 0.3) is 43.4 Å². The molecule has 0 amide bonds. The number of carbonyl (C=O) groups excluding carboxylic acids is 1. The SMILES string of the molecule is CCC(C)(CC)C(=O)/C=C(\O)C(C)(CC)CC.[CH2-][n+]1ccc(-c2cc3ccsc3c(CC(C)C)n2)cc1-c1[c-]c2ccccc2c(C(C)(C)C)c1.[Ir]. The van der Waals surface area contributed by atoms with Crippen LogP contribution in [0.5, 0.6) is 0 Å². The van der Waals surface area contributed by atoms with Crippen LogP contribution in [0.2, 0.25) is 0 Å². The second kappa shape index (κ2) is 17.7. The fourth-order valence-electron chi connectivity index (χ4n) is 6.31. The van der Waals surface area contributed by atoms with E-state index in [0.29, 0.717) is 5.92 Å². The number of rotatable bonds is 11. The zero-order valence-corrected chi connectivity index (χ0v) is 36.5. The number of pyridine rings is 2. The van der Waals surface area contributed by atoms with Crippen LogP contribution < -0.4 is 4.57 Å². The fourth-order valence-corrected chi connectivity index (χ4v) is 7.19. The average molecular weight is 896 g/mol. The van der Waals surface area contributed by atoms with Crippen molar-refractivity contribution < 1.29 is 34.6 Å². The van der Waals surface area contributed by atoms with Gasteiger partial charge in [0.15, 0.2) is 5.78 Å². The number of nitrogens with zero attached hydrogens (tertiary/aromatic N) is 2. The van der Waals surface area contributed by atoms with E-state index in [4.69, 9.17) is 4.98 Å². The predicted octanol–water partition coefficient (Wildman–Crippen LogP) is 12.7. The van der Waals surface area contributed by atoms with Crippen LogP contribution in [-0.2, 0) is 36.7 Å². The molecule has 0 unspecified atom stereocenters. The summed E-state index contributed by atoms with van der Waals surface area (Å²) in [7, 11) is 4.28. The van der Waals surface area contributed by atoms with Gasteiger partial charge in [-0.25, -0.2) is 0 Å². The Kier molecular flexibility index (Phi) is 14.6. The van der Waals surface area contributed by atoms with Gasteiger partial charge in [-0.15, -0.1) is 40.5 Å². The molecular formula is C46H59IrN2O2S-.